The molecule has 0 fully saturated rings. The van der Waals surface area contributed by atoms with Crippen LogP contribution in [0.4, 0.5) is 0 Å². The minimum Gasteiger partial charge on any atom is -0.385 e. The predicted octanol–water partition coefficient (Wildman–Crippen LogP) is 3.35. The van der Waals surface area contributed by atoms with Gasteiger partial charge in [0.15, 0.2) is 0 Å². The van der Waals surface area contributed by atoms with Gasteiger partial charge in [-0.05, 0) is 26.3 Å². The Balaban J connectivity index is 4.72. The summed E-state index contributed by atoms with van der Waals surface area (Å²) >= 11 is 0. The summed E-state index contributed by atoms with van der Waals surface area (Å²) in [5.41, 5.74) is 0.687. The molecule has 0 aromatic rings. The van der Waals surface area contributed by atoms with E-state index in [2.05, 4.69) is 34.6 Å². The number of hydrogen-bond acceptors (Lipinski definition) is 3. The van der Waals surface area contributed by atoms with Crippen LogP contribution in [0, 0.1) is 0 Å². The average molecular weight is 276 g/mol. The van der Waals surface area contributed by atoms with E-state index in [0.717, 1.165) is 38.5 Å². The zero-order valence-corrected chi connectivity index (χ0v) is 14.0. The van der Waals surface area contributed by atoms with Gasteiger partial charge in [0, 0.05) is 38.5 Å². The molecule has 0 N–H and O–H groups in total. The molecule has 1 atom stereocenters. The van der Waals surface area contributed by atoms with Gasteiger partial charge in [-0.1, -0.05) is 26.7 Å². The van der Waals surface area contributed by atoms with Gasteiger partial charge in [0.1, 0.15) is 8.07 Å². The van der Waals surface area contributed by atoms with Gasteiger partial charge < -0.3 is 14.2 Å². The maximum atomic E-state index is 5.76. The van der Waals surface area contributed by atoms with Crippen molar-refractivity contribution in [2.45, 2.75) is 53.0 Å². The second kappa shape index (κ2) is 11.0. The fraction of sp³-hybridized carbons (Fsp3) is 1.00. The summed E-state index contributed by atoms with van der Waals surface area (Å²) in [6, 6.07) is 0. The normalized spacial score (nSPS) is 13.8. The minimum absolute atomic E-state index is 0.687. The molecule has 18 heavy (non-hydrogen) atoms. The fourth-order valence-electron chi connectivity index (χ4n) is 2.21. The molecule has 0 aliphatic rings. The number of ether oxygens (including phenoxy) is 3. The van der Waals surface area contributed by atoms with E-state index in [4.69, 9.17) is 14.2 Å². The van der Waals surface area contributed by atoms with Crippen molar-refractivity contribution in [1.29, 1.82) is 0 Å². The average Bonchev–Trinajstić information content (AvgIpc) is 2.38. The van der Waals surface area contributed by atoms with Crippen LogP contribution in [0.3, 0.4) is 0 Å². The van der Waals surface area contributed by atoms with E-state index >= 15 is 0 Å². The molecule has 0 saturated heterocycles. The van der Waals surface area contributed by atoms with Crippen LogP contribution in [0.25, 0.3) is 0 Å². The summed E-state index contributed by atoms with van der Waals surface area (Å²) in [6.45, 7) is 13.1. The first-order valence-corrected chi connectivity index (χ1v) is 10.1. The summed E-state index contributed by atoms with van der Waals surface area (Å²) in [7, 11) is -1.65. The fourth-order valence-corrected chi connectivity index (χ4v) is 6.04. The Morgan fingerprint density at radius 1 is 0.778 bits per heavy atom. The lowest BCUT2D eigenvalue weighted by Crippen LogP contribution is -2.54. The third-order valence-electron chi connectivity index (χ3n) is 3.55. The van der Waals surface area contributed by atoms with E-state index in [0.29, 0.717) is 5.54 Å². The molecule has 0 aliphatic carbocycles. The van der Waals surface area contributed by atoms with Crippen LogP contribution < -0.4 is 0 Å². The smallest absolute Gasteiger partial charge is 0.143 e. The highest BCUT2D eigenvalue weighted by atomic mass is 28.3. The topological polar surface area (TPSA) is 27.7 Å². The van der Waals surface area contributed by atoms with Crippen LogP contribution >= 0.6 is 0 Å². The molecule has 0 spiro atoms. The summed E-state index contributed by atoms with van der Waals surface area (Å²) in [5.74, 6) is 0. The number of rotatable bonds is 12. The van der Waals surface area contributed by atoms with Gasteiger partial charge in [-0.3, -0.25) is 0 Å². The molecule has 110 valence electrons. The van der Waals surface area contributed by atoms with Crippen molar-refractivity contribution in [2.75, 3.05) is 38.5 Å². The van der Waals surface area contributed by atoms with Crippen molar-refractivity contribution < 1.29 is 14.2 Å². The van der Waals surface area contributed by atoms with Gasteiger partial charge >= 0.3 is 0 Å². The van der Waals surface area contributed by atoms with Crippen molar-refractivity contribution in [2.24, 2.45) is 0 Å². The maximum Gasteiger partial charge on any atom is 0.143 e. The molecular weight excluding hydrogens is 244 g/mol. The first kappa shape index (κ1) is 18.1. The summed E-state index contributed by atoms with van der Waals surface area (Å²) < 4.78 is 17.3. The van der Waals surface area contributed by atoms with Crippen molar-refractivity contribution >= 4 is 8.07 Å². The molecule has 0 saturated carbocycles. The highest BCUT2D eigenvalue weighted by Gasteiger charge is 2.39. The Morgan fingerprint density at radius 2 is 1.17 bits per heavy atom. The SMILES string of the molecule is CCCC(C)[Si](COCC)(COCC)COCC. The minimum atomic E-state index is -1.65. The van der Waals surface area contributed by atoms with E-state index in [1.165, 1.54) is 12.8 Å². The van der Waals surface area contributed by atoms with Crippen molar-refractivity contribution in [3.63, 3.8) is 0 Å². The Hall–Kier alpha value is 0.0969. The van der Waals surface area contributed by atoms with Crippen LogP contribution in [0.1, 0.15) is 47.5 Å². The van der Waals surface area contributed by atoms with Crippen molar-refractivity contribution in [3.8, 4) is 0 Å². The third-order valence-corrected chi connectivity index (χ3v) is 8.26. The molecule has 4 heteroatoms. The second-order valence-corrected chi connectivity index (χ2v) is 9.54. The van der Waals surface area contributed by atoms with Crippen molar-refractivity contribution in [1.82, 2.24) is 0 Å². The molecule has 0 amide bonds. The monoisotopic (exact) mass is 276 g/mol. The molecular formula is C14H32O3Si. The van der Waals surface area contributed by atoms with E-state index in [-0.39, 0.29) is 0 Å². The second-order valence-electron chi connectivity index (χ2n) is 4.96. The highest BCUT2D eigenvalue weighted by molar-refractivity contribution is 6.81. The molecule has 0 heterocycles. The highest BCUT2D eigenvalue weighted by Crippen LogP contribution is 2.27. The van der Waals surface area contributed by atoms with E-state index in [1.807, 2.05) is 0 Å². The lowest BCUT2D eigenvalue weighted by Gasteiger charge is -2.36. The van der Waals surface area contributed by atoms with Crippen LogP contribution in [-0.4, -0.2) is 46.6 Å². The lowest BCUT2D eigenvalue weighted by atomic mass is 10.3. The zero-order valence-electron chi connectivity index (χ0n) is 13.0. The molecule has 0 aromatic heterocycles. The van der Waals surface area contributed by atoms with Gasteiger partial charge in [0.25, 0.3) is 0 Å². The first-order chi connectivity index (χ1) is 8.66. The zero-order chi connectivity index (χ0) is 13.9. The molecule has 0 aliphatic heterocycles. The first-order valence-electron chi connectivity index (χ1n) is 7.40. The Bertz CT molecular complexity index is 166. The number of hydrogen-bond donors (Lipinski definition) is 0. The third kappa shape index (κ3) is 6.32. The van der Waals surface area contributed by atoms with Gasteiger partial charge in [-0.25, -0.2) is 0 Å². The molecule has 1 unspecified atom stereocenters. The summed E-state index contributed by atoms with van der Waals surface area (Å²) in [5, 5.41) is 0. The maximum absolute atomic E-state index is 5.76. The van der Waals surface area contributed by atoms with Gasteiger partial charge in [0.2, 0.25) is 0 Å². The quantitative estimate of drug-likeness (QED) is 0.512. The van der Waals surface area contributed by atoms with E-state index in [1.54, 1.807) is 0 Å². The Kier molecular flexibility index (Phi) is 11.0. The van der Waals surface area contributed by atoms with Crippen LogP contribution in [0.15, 0.2) is 0 Å². The summed E-state index contributed by atoms with van der Waals surface area (Å²) in [6.07, 6.45) is 5.07. The van der Waals surface area contributed by atoms with Crippen LogP contribution in [0.5, 0.6) is 0 Å². The lowest BCUT2D eigenvalue weighted by molar-refractivity contribution is 0.135. The molecule has 3 nitrogen and oxygen atoms in total. The largest absolute Gasteiger partial charge is 0.385 e. The molecule has 0 bridgehead atoms. The van der Waals surface area contributed by atoms with E-state index < -0.39 is 8.07 Å². The van der Waals surface area contributed by atoms with Crippen molar-refractivity contribution in [3.05, 3.63) is 0 Å². The standard InChI is InChI=1S/C14H32O3Si/c1-6-10-14(5)18(11-15-7-2,12-16-8-3)13-17-9-4/h14H,6-13H2,1-5H3. The molecule has 0 aromatic carbocycles. The molecule has 0 radical (unpaired) electrons. The Labute approximate surface area is 114 Å². The van der Waals surface area contributed by atoms with Crippen LogP contribution in [-0.2, 0) is 14.2 Å². The predicted molar refractivity (Wildman–Crippen MR) is 79.6 cm³/mol. The Morgan fingerprint density at radius 3 is 1.44 bits per heavy atom. The van der Waals surface area contributed by atoms with E-state index in [9.17, 15) is 0 Å². The van der Waals surface area contributed by atoms with Gasteiger partial charge in [-0.15, -0.1) is 0 Å². The summed E-state index contributed by atoms with van der Waals surface area (Å²) in [4.78, 5) is 0. The van der Waals surface area contributed by atoms with Gasteiger partial charge in [-0.2, -0.15) is 0 Å². The molecule has 0 rings (SSSR count). The van der Waals surface area contributed by atoms with Gasteiger partial charge in [0.05, 0.1) is 0 Å². The van der Waals surface area contributed by atoms with Crippen LogP contribution in [0.2, 0.25) is 5.54 Å².